The van der Waals surface area contributed by atoms with Gasteiger partial charge < -0.3 is 5.32 Å². The highest BCUT2D eigenvalue weighted by Crippen LogP contribution is 2.33. The summed E-state index contributed by atoms with van der Waals surface area (Å²) in [6.07, 6.45) is 14.7. The highest BCUT2D eigenvalue weighted by Gasteiger charge is 2.34. The number of rotatable bonds is 4. The van der Waals surface area contributed by atoms with E-state index in [2.05, 4.69) is 22.4 Å². The van der Waals surface area contributed by atoms with Crippen molar-refractivity contribution in [1.82, 2.24) is 10.2 Å². The molecule has 1 aliphatic heterocycles. The van der Waals surface area contributed by atoms with Crippen molar-refractivity contribution in [3.63, 3.8) is 0 Å². The van der Waals surface area contributed by atoms with Gasteiger partial charge in [-0.05, 0) is 64.0 Å². The third kappa shape index (κ3) is 3.11. The first-order chi connectivity index (χ1) is 8.43. The Morgan fingerprint density at radius 1 is 1.06 bits per heavy atom. The molecule has 3 rings (SSSR count). The van der Waals surface area contributed by atoms with Crippen molar-refractivity contribution in [2.75, 3.05) is 19.6 Å². The molecule has 96 valence electrons. The Balaban J connectivity index is 1.58. The van der Waals surface area contributed by atoms with E-state index in [4.69, 9.17) is 0 Å². The fourth-order valence-corrected chi connectivity index (χ4v) is 3.39. The number of nitrogens with one attached hydrogen (secondary N) is 1. The number of nitrogens with zero attached hydrogens (tertiary/aromatic N) is 1. The van der Waals surface area contributed by atoms with Gasteiger partial charge in [0.1, 0.15) is 0 Å². The SMILES string of the molecule is C1=CC(N(CC2CCNCC2)C2CC2)CCC1. The lowest BCUT2D eigenvalue weighted by Gasteiger charge is -2.35. The van der Waals surface area contributed by atoms with E-state index in [9.17, 15) is 0 Å². The van der Waals surface area contributed by atoms with E-state index >= 15 is 0 Å². The summed E-state index contributed by atoms with van der Waals surface area (Å²) in [7, 11) is 0. The van der Waals surface area contributed by atoms with Gasteiger partial charge in [0.05, 0.1) is 0 Å². The maximum Gasteiger partial charge on any atom is 0.0281 e. The largest absolute Gasteiger partial charge is 0.317 e. The molecule has 1 saturated heterocycles. The second kappa shape index (κ2) is 5.53. The zero-order chi connectivity index (χ0) is 11.5. The molecule has 0 spiro atoms. The lowest BCUT2D eigenvalue weighted by atomic mass is 9.94. The summed E-state index contributed by atoms with van der Waals surface area (Å²) in [6, 6.07) is 1.70. The van der Waals surface area contributed by atoms with Crippen molar-refractivity contribution >= 4 is 0 Å². The van der Waals surface area contributed by atoms with Gasteiger partial charge in [-0.15, -0.1) is 0 Å². The Labute approximate surface area is 105 Å². The molecule has 2 nitrogen and oxygen atoms in total. The Kier molecular flexibility index (Phi) is 3.82. The van der Waals surface area contributed by atoms with Gasteiger partial charge in [-0.1, -0.05) is 12.2 Å². The van der Waals surface area contributed by atoms with Crippen LogP contribution in [0.5, 0.6) is 0 Å². The predicted octanol–water partition coefficient (Wildman–Crippen LogP) is 2.56. The van der Waals surface area contributed by atoms with Crippen LogP contribution in [0.15, 0.2) is 12.2 Å². The van der Waals surface area contributed by atoms with Gasteiger partial charge in [-0.25, -0.2) is 0 Å². The molecule has 2 heteroatoms. The number of allylic oxidation sites excluding steroid dienone is 1. The predicted molar refractivity (Wildman–Crippen MR) is 72.1 cm³/mol. The van der Waals surface area contributed by atoms with Crippen LogP contribution in [0.4, 0.5) is 0 Å². The van der Waals surface area contributed by atoms with Gasteiger partial charge in [0.2, 0.25) is 0 Å². The maximum atomic E-state index is 3.48. The monoisotopic (exact) mass is 234 g/mol. The molecule has 0 aromatic heterocycles. The molecule has 0 amide bonds. The summed E-state index contributed by atoms with van der Waals surface area (Å²) < 4.78 is 0. The molecule has 1 heterocycles. The highest BCUT2D eigenvalue weighted by atomic mass is 15.2. The van der Waals surface area contributed by atoms with E-state index in [1.165, 1.54) is 64.6 Å². The van der Waals surface area contributed by atoms with Gasteiger partial charge >= 0.3 is 0 Å². The molecule has 0 radical (unpaired) electrons. The van der Waals surface area contributed by atoms with Crippen LogP contribution < -0.4 is 5.32 Å². The van der Waals surface area contributed by atoms with Crippen molar-refractivity contribution in [1.29, 1.82) is 0 Å². The molecular formula is C15H26N2. The van der Waals surface area contributed by atoms with Gasteiger partial charge in [0.25, 0.3) is 0 Å². The lowest BCUT2D eigenvalue weighted by molar-refractivity contribution is 0.156. The van der Waals surface area contributed by atoms with E-state index < -0.39 is 0 Å². The highest BCUT2D eigenvalue weighted by molar-refractivity contribution is 5.02. The quantitative estimate of drug-likeness (QED) is 0.752. The first kappa shape index (κ1) is 11.7. The van der Waals surface area contributed by atoms with Gasteiger partial charge in [0.15, 0.2) is 0 Å². The first-order valence-electron chi connectivity index (χ1n) is 7.56. The Bertz CT molecular complexity index is 264. The van der Waals surface area contributed by atoms with Gasteiger partial charge in [0, 0.05) is 18.6 Å². The summed E-state index contributed by atoms with van der Waals surface area (Å²) in [6.45, 7) is 3.84. The summed E-state index contributed by atoms with van der Waals surface area (Å²) in [4.78, 5) is 2.84. The van der Waals surface area contributed by atoms with Crippen molar-refractivity contribution in [2.24, 2.45) is 5.92 Å². The molecule has 1 N–H and O–H groups in total. The zero-order valence-electron chi connectivity index (χ0n) is 10.9. The van der Waals surface area contributed by atoms with Crippen molar-refractivity contribution in [3.05, 3.63) is 12.2 Å². The minimum atomic E-state index is 0.770. The van der Waals surface area contributed by atoms with Crippen LogP contribution in [0.2, 0.25) is 0 Å². The molecule has 1 unspecified atom stereocenters. The van der Waals surface area contributed by atoms with E-state index in [1.807, 2.05) is 0 Å². The molecule has 3 aliphatic rings. The summed E-state index contributed by atoms with van der Waals surface area (Å²) in [5.41, 5.74) is 0. The van der Waals surface area contributed by atoms with E-state index in [0.717, 1.165) is 18.0 Å². The Hall–Kier alpha value is -0.340. The summed E-state index contributed by atoms with van der Waals surface area (Å²) in [5.74, 6) is 0.951. The minimum absolute atomic E-state index is 0.770. The second-order valence-corrected chi connectivity index (χ2v) is 6.05. The average Bonchev–Trinajstić information content (AvgIpc) is 3.23. The average molecular weight is 234 g/mol. The lowest BCUT2D eigenvalue weighted by Crippen LogP contribution is -2.42. The van der Waals surface area contributed by atoms with Crippen LogP contribution in [0.3, 0.4) is 0 Å². The van der Waals surface area contributed by atoms with Crippen LogP contribution in [0, 0.1) is 5.92 Å². The molecule has 2 fully saturated rings. The molecule has 2 aliphatic carbocycles. The third-order valence-corrected chi connectivity index (χ3v) is 4.60. The minimum Gasteiger partial charge on any atom is -0.317 e. The molecule has 0 aromatic carbocycles. The van der Waals surface area contributed by atoms with Crippen LogP contribution in [0.1, 0.15) is 44.9 Å². The maximum absolute atomic E-state index is 3.48. The summed E-state index contributed by atoms with van der Waals surface area (Å²) >= 11 is 0. The Morgan fingerprint density at radius 2 is 1.88 bits per heavy atom. The molecule has 17 heavy (non-hydrogen) atoms. The fourth-order valence-electron chi connectivity index (χ4n) is 3.39. The van der Waals surface area contributed by atoms with E-state index in [-0.39, 0.29) is 0 Å². The Morgan fingerprint density at radius 3 is 2.53 bits per heavy atom. The molecule has 1 saturated carbocycles. The zero-order valence-corrected chi connectivity index (χ0v) is 10.9. The van der Waals surface area contributed by atoms with Crippen molar-refractivity contribution in [2.45, 2.75) is 57.0 Å². The van der Waals surface area contributed by atoms with Gasteiger partial charge in [-0.3, -0.25) is 4.90 Å². The normalized spacial score (nSPS) is 31.0. The van der Waals surface area contributed by atoms with E-state index in [0.29, 0.717) is 0 Å². The summed E-state index contributed by atoms with van der Waals surface area (Å²) in [5, 5.41) is 3.48. The van der Waals surface area contributed by atoms with Gasteiger partial charge in [-0.2, -0.15) is 0 Å². The first-order valence-corrected chi connectivity index (χ1v) is 7.56. The number of piperidine rings is 1. The molecule has 1 atom stereocenters. The smallest absolute Gasteiger partial charge is 0.0281 e. The molecule has 0 bridgehead atoms. The fraction of sp³-hybridized carbons (Fsp3) is 0.867. The van der Waals surface area contributed by atoms with Crippen molar-refractivity contribution in [3.8, 4) is 0 Å². The van der Waals surface area contributed by atoms with Crippen molar-refractivity contribution < 1.29 is 0 Å². The molecule has 0 aromatic rings. The third-order valence-electron chi connectivity index (χ3n) is 4.60. The second-order valence-electron chi connectivity index (χ2n) is 6.05. The van der Waals surface area contributed by atoms with Crippen LogP contribution in [-0.4, -0.2) is 36.6 Å². The van der Waals surface area contributed by atoms with Crippen LogP contribution in [0.25, 0.3) is 0 Å². The van der Waals surface area contributed by atoms with E-state index in [1.54, 1.807) is 0 Å². The number of hydrogen-bond acceptors (Lipinski definition) is 2. The van der Waals surface area contributed by atoms with Crippen LogP contribution in [-0.2, 0) is 0 Å². The standard InChI is InChI=1S/C15H26N2/c1-2-4-14(5-3-1)17(15-6-7-15)12-13-8-10-16-11-9-13/h2,4,13-16H,1,3,5-12H2. The molecular weight excluding hydrogens is 208 g/mol. The topological polar surface area (TPSA) is 15.3 Å². The number of hydrogen-bond donors (Lipinski definition) is 1. The van der Waals surface area contributed by atoms with Crippen LogP contribution >= 0.6 is 0 Å².